The molecule has 1 aliphatic heterocycles. The van der Waals surface area contributed by atoms with Crippen LogP contribution in [-0.4, -0.2) is 36.4 Å². The van der Waals surface area contributed by atoms with Gasteiger partial charge in [0.25, 0.3) is 0 Å². The number of rotatable bonds is 9. The zero-order valence-corrected chi connectivity index (χ0v) is 21.5. The molecule has 3 aromatic rings. The van der Waals surface area contributed by atoms with Crippen LogP contribution in [0.3, 0.4) is 0 Å². The van der Waals surface area contributed by atoms with Crippen molar-refractivity contribution in [1.82, 2.24) is 4.90 Å². The van der Waals surface area contributed by atoms with Gasteiger partial charge in [-0.3, -0.25) is 4.79 Å². The Hall–Kier alpha value is -2.75. The molecule has 0 spiro atoms. The van der Waals surface area contributed by atoms with Gasteiger partial charge in [0.05, 0.1) is 6.10 Å². The summed E-state index contributed by atoms with van der Waals surface area (Å²) in [5, 5.41) is 0. The van der Waals surface area contributed by atoms with Gasteiger partial charge in [0.2, 0.25) is 0 Å². The lowest BCUT2D eigenvalue weighted by Gasteiger charge is -2.34. The monoisotopic (exact) mass is 493 g/mol. The highest BCUT2D eigenvalue weighted by molar-refractivity contribution is 5.96. The van der Waals surface area contributed by atoms with Crippen LogP contribution in [-0.2, 0) is 10.2 Å². The number of ketones is 1. The lowest BCUT2D eigenvalue weighted by Crippen LogP contribution is -2.38. The maximum absolute atomic E-state index is 12.7. The molecule has 3 aromatic carbocycles. The highest BCUT2D eigenvalue weighted by Crippen LogP contribution is 2.30. The summed E-state index contributed by atoms with van der Waals surface area (Å²) >= 11 is 0. The van der Waals surface area contributed by atoms with E-state index in [2.05, 4.69) is 98.5 Å². The summed E-state index contributed by atoms with van der Waals surface area (Å²) in [6.07, 6.45) is 3.78. The molecule has 3 heteroatoms. The van der Waals surface area contributed by atoms with E-state index in [9.17, 15) is 4.79 Å². The van der Waals surface area contributed by atoms with Crippen LogP contribution in [0.2, 0.25) is 0 Å². The van der Waals surface area contributed by atoms with Gasteiger partial charge in [-0.25, -0.2) is 0 Å². The first-order valence-corrected chi connectivity index (χ1v) is 13.0. The first-order chi connectivity index (χ1) is 16.9. The van der Waals surface area contributed by atoms with E-state index in [-0.39, 0.29) is 23.4 Å². The predicted octanol–water partition coefficient (Wildman–Crippen LogP) is 7.22. The SMILES string of the molecule is CC(C)(C)c1ccc(C(=O)CCCN2CCC(OC([14c]3[14cH][14cH][14cH][14cH][14cH]3)[14c]3[14cH][14cH][14cH][14cH][14cH]3)CC2)cc1. The maximum atomic E-state index is 12.7. The van der Waals surface area contributed by atoms with Crippen LogP contribution in [0, 0.1) is 0 Å². The maximum Gasteiger partial charge on any atom is 0.162 e. The minimum Gasteiger partial charge on any atom is -0.365 e. The number of carbonyl (C=O) groups excluding carboxylic acids is 1. The van der Waals surface area contributed by atoms with Crippen molar-refractivity contribution in [2.45, 2.75) is 64.1 Å². The fraction of sp³-hybridized carbons (Fsp3) is 0.406. The standard InChI is InChI=1S/C32H39NO2/c1-32(2,3)28-18-16-25(17-19-28)30(34)15-10-22-33-23-20-29(21-24-33)35-31(26-11-6-4-7-12-26)27-13-8-5-9-14-27/h4-9,11-14,16-19,29,31H,10,15,20-24H2,1-3H3/i4+2,5+2,6+2,7+2,8+2,9+2,11+2,12+2,13+2,14+2,26+2,27+2. The molecule has 0 unspecified atom stereocenters. The quantitative estimate of drug-likeness (QED) is 0.295. The molecule has 0 bridgehead atoms. The Kier molecular flexibility index (Phi) is 8.54. The molecule has 1 heterocycles. The van der Waals surface area contributed by atoms with Crippen molar-refractivity contribution in [3.05, 3.63) is 107 Å². The number of piperidine rings is 1. The van der Waals surface area contributed by atoms with Crippen molar-refractivity contribution in [3.8, 4) is 0 Å². The van der Waals surface area contributed by atoms with Crippen molar-refractivity contribution in [1.29, 1.82) is 0 Å². The molecule has 35 heavy (non-hydrogen) atoms. The number of benzene rings is 3. The van der Waals surface area contributed by atoms with E-state index in [4.69, 9.17) is 4.74 Å². The molecule has 0 aromatic heterocycles. The number of hydrogen-bond acceptors (Lipinski definition) is 3. The summed E-state index contributed by atoms with van der Waals surface area (Å²) in [5.74, 6) is 0.247. The summed E-state index contributed by atoms with van der Waals surface area (Å²) in [6.45, 7) is 9.61. The average Bonchev–Trinajstić information content (AvgIpc) is 2.88. The van der Waals surface area contributed by atoms with E-state index >= 15 is 0 Å². The summed E-state index contributed by atoms with van der Waals surface area (Å²) in [7, 11) is 0. The summed E-state index contributed by atoms with van der Waals surface area (Å²) < 4.78 is 6.67. The van der Waals surface area contributed by atoms with Gasteiger partial charge in [-0.15, -0.1) is 0 Å². The summed E-state index contributed by atoms with van der Waals surface area (Å²) in [5.41, 5.74) is 4.61. The lowest BCUT2D eigenvalue weighted by atomic mass is 9.86. The minimum absolute atomic E-state index is 0.0313. The molecule has 0 amide bonds. The predicted molar refractivity (Wildman–Crippen MR) is 144 cm³/mol. The van der Waals surface area contributed by atoms with Crippen LogP contribution in [0.5, 0.6) is 0 Å². The lowest BCUT2D eigenvalue weighted by molar-refractivity contribution is -0.0270. The summed E-state index contributed by atoms with van der Waals surface area (Å²) in [4.78, 5) is 15.1. The highest BCUT2D eigenvalue weighted by Gasteiger charge is 2.24. The van der Waals surface area contributed by atoms with Gasteiger partial charge in [0.15, 0.2) is 5.78 Å². The number of Topliss-reactive ketones (excluding diaryl/α,β-unsaturated/α-hetero) is 1. The number of carbonyl (C=O) groups is 1. The fourth-order valence-electron chi connectivity index (χ4n) is 4.83. The Morgan fingerprint density at radius 2 is 1.49 bits per heavy atom. The molecule has 0 saturated carbocycles. The fourth-order valence-corrected chi connectivity index (χ4v) is 4.83. The van der Waals surface area contributed by atoms with Crippen molar-refractivity contribution in [2.24, 2.45) is 0 Å². The molecule has 184 valence electrons. The molecule has 0 atom stereocenters. The van der Waals surface area contributed by atoms with E-state index in [0.29, 0.717) is 6.42 Å². The van der Waals surface area contributed by atoms with Crippen molar-refractivity contribution in [2.75, 3.05) is 19.6 Å². The Morgan fingerprint density at radius 1 is 0.943 bits per heavy atom. The van der Waals surface area contributed by atoms with Gasteiger partial charge in [0, 0.05) is 25.1 Å². The number of ether oxygens (including phenoxy) is 1. The molecule has 1 aliphatic rings. The zero-order valence-electron chi connectivity index (χ0n) is 21.5. The Morgan fingerprint density at radius 3 is 2.00 bits per heavy atom. The topological polar surface area (TPSA) is 29.5 Å². The van der Waals surface area contributed by atoms with E-state index in [1.165, 1.54) is 16.7 Å². The highest BCUT2D eigenvalue weighted by atomic mass is 16.5. The van der Waals surface area contributed by atoms with Crippen LogP contribution >= 0.6 is 0 Å². The van der Waals surface area contributed by atoms with Crippen LogP contribution in [0.1, 0.15) is 79.6 Å². The smallest absolute Gasteiger partial charge is 0.162 e. The van der Waals surface area contributed by atoms with Gasteiger partial charge in [-0.05, 0) is 47.9 Å². The van der Waals surface area contributed by atoms with Crippen LogP contribution in [0.25, 0.3) is 0 Å². The normalized spacial score (nSPS) is 15.4. The van der Waals surface area contributed by atoms with Crippen LogP contribution < -0.4 is 0 Å². The summed E-state index contributed by atoms with van der Waals surface area (Å²) in [6, 6.07) is 29.2. The first-order valence-electron chi connectivity index (χ1n) is 13.0. The van der Waals surface area contributed by atoms with Crippen LogP contribution in [0.15, 0.2) is 84.9 Å². The zero-order chi connectivity index (χ0) is 24.7. The Bertz CT molecular complexity index is 1010. The van der Waals surface area contributed by atoms with E-state index in [1.807, 2.05) is 12.1 Å². The van der Waals surface area contributed by atoms with Gasteiger partial charge in [-0.2, -0.15) is 0 Å². The third-order valence-electron chi connectivity index (χ3n) is 7.02. The third-order valence-corrected chi connectivity index (χ3v) is 7.02. The molecule has 3 nitrogen and oxygen atoms in total. The second-order valence-corrected chi connectivity index (χ2v) is 10.7. The second-order valence-electron chi connectivity index (χ2n) is 10.7. The van der Waals surface area contributed by atoms with E-state index < -0.39 is 0 Å². The van der Waals surface area contributed by atoms with Gasteiger partial charge >= 0.3 is 0 Å². The number of nitrogens with zero attached hydrogens (tertiary/aromatic N) is 1. The molecule has 0 radical (unpaired) electrons. The molecule has 0 aliphatic carbocycles. The number of likely N-dealkylation sites (tertiary alicyclic amines) is 1. The van der Waals surface area contributed by atoms with E-state index in [1.54, 1.807) is 0 Å². The minimum atomic E-state index is -0.0313. The van der Waals surface area contributed by atoms with E-state index in [0.717, 1.165) is 44.5 Å². The molecule has 0 N–H and O–H groups in total. The third kappa shape index (κ3) is 7.13. The molecule has 4 rings (SSSR count). The molecule has 1 saturated heterocycles. The number of hydrogen-bond donors (Lipinski definition) is 0. The van der Waals surface area contributed by atoms with Crippen molar-refractivity contribution in [3.63, 3.8) is 0 Å². The first kappa shape index (κ1) is 25.3. The van der Waals surface area contributed by atoms with Crippen LogP contribution in [0.4, 0.5) is 0 Å². The van der Waals surface area contributed by atoms with Gasteiger partial charge in [0.1, 0.15) is 6.10 Å². The largest absolute Gasteiger partial charge is 0.365 e. The Balaban J connectivity index is 1.24. The van der Waals surface area contributed by atoms with Crippen molar-refractivity contribution < 1.29 is 9.53 Å². The average molecular weight is 494 g/mol. The van der Waals surface area contributed by atoms with Gasteiger partial charge < -0.3 is 9.64 Å². The Labute approximate surface area is 211 Å². The molecule has 1 fully saturated rings. The molecular weight excluding hydrogens is 454 g/mol. The van der Waals surface area contributed by atoms with Crippen molar-refractivity contribution >= 4 is 5.78 Å². The second kappa shape index (κ2) is 11.8. The van der Waals surface area contributed by atoms with Gasteiger partial charge in [-0.1, -0.05) is 106 Å². The molecular formula is C32H39NO2.